The molecule has 1 aliphatic rings. The van der Waals surface area contributed by atoms with Gasteiger partial charge in [-0.1, -0.05) is 18.2 Å². The van der Waals surface area contributed by atoms with Gasteiger partial charge in [-0.05, 0) is 48.4 Å². The molecule has 156 valence electrons. The van der Waals surface area contributed by atoms with Crippen LogP contribution in [0.4, 0.5) is 5.69 Å². The molecule has 0 radical (unpaired) electrons. The van der Waals surface area contributed by atoms with Crippen LogP contribution in [0.25, 0.3) is 0 Å². The molecule has 3 atom stereocenters. The smallest absolute Gasteiger partial charge is 0.255 e. The van der Waals surface area contributed by atoms with Gasteiger partial charge < -0.3 is 25.7 Å². The number of anilines is 1. The highest BCUT2D eigenvalue weighted by Gasteiger charge is 2.38. The Morgan fingerprint density at radius 3 is 2.79 bits per heavy atom. The Hall–Kier alpha value is -2.42. The highest BCUT2D eigenvalue weighted by atomic mass is 32.1. The number of aliphatic hydroxyl groups excluding tert-OH is 2. The molecule has 1 aliphatic heterocycles. The summed E-state index contributed by atoms with van der Waals surface area (Å²) in [5.74, 6) is -1.36. The first-order chi connectivity index (χ1) is 14.0. The van der Waals surface area contributed by atoms with Crippen LogP contribution in [0.2, 0.25) is 0 Å². The average Bonchev–Trinajstić information content (AvgIpc) is 3.44. The molecule has 2 heterocycles. The number of benzene rings is 1. The van der Waals surface area contributed by atoms with Crippen molar-refractivity contribution in [3.8, 4) is 0 Å². The lowest BCUT2D eigenvalue weighted by molar-refractivity contribution is -0.153. The second-order valence-electron chi connectivity index (χ2n) is 7.08. The summed E-state index contributed by atoms with van der Waals surface area (Å²) >= 11 is 1.58. The van der Waals surface area contributed by atoms with E-state index >= 15 is 0 Å². The van der Waals surface area contributed by atoms with Crippen molar-refractivity contribution in [2.24, 2.45) is 0 Å². The minimum absolute atomic E-state index is 0.181. The van der Waals surface area contributed by atoms with E-state index in [2.05, 4.69) is 10.6 Å². The Balaban J connectivity index is 1.59. The third-order valence-corrected chi connectivity index (χ3v) is 6.10. The molecule has 0 bridgehead atoms. The highest BCUT2D eigenvalue weighted by Crippen LogP contribution is 2.33. The Morgan fingerprint density at radius 1 is 1.24 bits per heavy atom. The average molecular weight is 418 g/mol. The standard InChI is InChI=1S/C21H27N3O4S/c1-22-15-6-2-5-14(13-15)17-8-3-11-24(17)21(28)19(26)18(25)20(27)23-10-9-16-7-4-12-29-16/h2,4-7,12-13,17-19,22,25-26H,3,8-11H2,1H3,(H,23,27). The molecule has 2 amide bonds. The Labute approximate surface area is 174 Å². The molecule has 3 unspecified atom stereocenters. The van der Waals surface area contributed by atoms with Crippen LogP contribution in [0.5, 0.6) is 0 Å². The van der Waals surface area contributed by atoms with Crippen LogP contribution in [0, 0.1) is 0 Å². The maximum absolute atomic E-state index is 12.8. The van der Waals surface area contributed by atoms with Crippen molar-refractivity contribution in [2.75, 3.05) is 25.5 Å². The molecule has 2 aromatic rings. The van der Waals surface area contributed by atoms with E-state index in [-0.39, 0.29) is 6.04 Å². The first-order valence-corrected chi connectivity index (χ1v) is 10.6. The molecule has 8 heteroatoms. The van der Waals surface area contributed by atoms with Gasteiger partial charge in [-0.25, -0.2) is 0 Å². The second-order valence-corrected chi connectivity index (χ2v) is 8.11. The highest BCUT2D eigenvalue weighted by molar-refractivity contribution is 7.09. The van der Waals surface area contributed by atoms with Crippen LogP contribution in [0.15, 0.2) is 41.8 Å². The van der Waals surface area contributed by atoms with Crippen LogP contribution >= 0.6 is 11.3 Å². The number of hydrogen-bond acceptors (Lipinski definition) is 6. The van der Waals surface area contributed by atoms with E-state index in [1.54, 1.807) is 16.2 Å². The van der Waals surface area contributed by atoms with E-state index in [0.717, 1.165) is 29.0 Å². The number of carbonyl (C=O) groups is 2. The maximum Gasteiger partial charge on any atom is 0.255 e. The van der Waals surface area contributed by atoms with Gasteiger partial charge in [0.05, 0.1) is 6.04 Å². The number of rotatable bonds is 8. The Bertz CT molecular complexity index is 827. The van der Waals surface area contributed by atoms with Crippen molar-refractivity contribution in [3.63, 3.8) is 0 Å². The monoisotopic (exact) mass is 417 g/mol. The lowest BCUT2D eigenvalue weighted by atomic mass is 10.0. The van der Waals surface area contributed by atoms with Crippen molar-refractivity contribution in [1.29, 1.82) is 0 Å². The maximum atomic E-state index is 12.8. The van der Waals surface area contributed by atoms with Crippen LogP contribution in [-0.2, 0) is 16.0 Å². The fourth-order valence-corrected chi connectivity index (χ4v) is 4.30. The molecule has 1 fully saturated rings. The van der Waals surface area contributed by atoms with Gasteiger partial charge in [0.1, 0.15) is 0 Å². The molecule has 1 aromatic heterocycles. The third-order valence-electron chi connectivity index (χ3n) is 5.17. The van der Waals surface area contributed by atoms with Crippen molar-refractivity contribution in [3.05, 3.63) is 52.2 Å². The van der Waals surface area contributed by atoms with Crippen molar-refractivity contribution >= 4 is 28.8 Å². The van der Waals surface area contributed by atoms with Crippen LogP contribution < -0.4 is 10.6 Å². The lowest BCUT2D eigenvalue weighted by Gasteiger charge is -2.29. The molecule has 29 heavy (non-hydrogen) atoms. The van der Waals surface area contributed by atoms with Gasteiger partial charge in [0, 0.05) is 30.7 Å². The van der Waals surface area contributed by atoms with Crippen LogP contribution in [0.3, 0.4) is 0 Å². The second kappa shape index (κ2) is 9.87. The molecular formula is C21H27N3O4S. The summed E-state index contributed by atoms with van der Waals surface area (Å²) in [6.07, 6.45) is -1.37. The van der Waals surface area contributed by atoms with Gasteiger partial charge in [0.2, 0.25) is 0 Å². The quantitative estimate of drug-likeness (QED) is 0.522. The largest absolute Gasteiger partial charge is 0.388 e. The van der Waals surface area contributed by atoms with Gasteiger partial charge in [-0.15, -0.1) is 11.3 Å². The zero-order chi connectivity index (χ0) is 20.8. The normalized spacial score (nSPS) is 18.3. The predicted molar refractivity (Wildman–Crippen MR) is 113 cm³/mol. The summed E-state index contributed by atoms with van der Waals surface area (Å²) in [4.78, 5) is 27.7. The van der Waals surface area contributed by atoms with Gasteiger partial charge in [0.15, 0.2) is 12.2 Å². The summed E-state index contributed by atoms with van der Waals surface area (Å²) in [6, 6.07) is 11.5. The SMILES string of the molecule is CNc1cccc(C2CCCN2C(=O)C(O)C(O)C(=O)NCCc2cccs2)c1. The zero-order valence-electron chi connectivity index (χ0n) is 16.4. The third kappa shape index (κ3) is 5.14. The molecule has 4 N–H and O–H groups in total. The van der Waals surface area contributed by atoms with E-state index in [1.165, 1.54) is 0 Å². The zero-order valence-corrected chi connectivity index (χ0v) is 17.2. The summed E-state index contributed by atoms with van der Waals surface area (Å²) in [5, 5.41) is 28.2. The van der Waals surface area contributed by atoms with Crippen molar-refractivity contribution < 1.29 is 19.8 Å². The molecule has 0 spiro atoms. The minimum Gasteiger partial charge on any atom is -0.388 e. The Morgan fingerprint density at radius 2 is 2.07 bits per heavy atom. The number of thiophene rings is 1. The van der Waals surface area contributed by atoms with E-state index in [9.17, 15) is 19.8 Å². The molecule has 1 aromatic carbocycles. The number of likely N-dealkylation sites (tertiary alicyclic amines) is 1. The number of amides is 2. The van der Waals surface area contributed by atoms with Gasteiger partial charge >= 0.3 is 0 Å². The van der Waals surface area contributed by atoms with Crippen molar-refractivity contribution in [2.45, 2.75) is 37.5 Å². The predicted octanol–water partition coefficient (Wildman–Crippen LogP) is 1.53. The van der Waals surface area contributed by atoms with Gasteiger partial charge in [-0.3, -0.25) is 9.59 Å². The van der Waals surface area contributed by atoms with E-state index < -0.39 is 24.0 Å². The topological polar surface area (TPSA) is 102 Å². The molecule has 0 saturated carbocycles. The fraction of sp³-hybridized carbons (Fsp3) is 0.429. The number of aliphatic hydroxyl groups is 2. The van der Waals surface area contributed by atoms with E-state index in [0.29, 0.717) is 19.5 Å². The van der Waals surface area contributed by atoms with Gasteiger partial charge in [-0.2, -0.15) is 0 Å². The fourth-order valence-electron chi connectivity index (χ4n) is 3.60. The molecular weight excluding hydrogens is 390 g/mol. The lowest BCUT2D eigenvalue weighted by Crippen LogP contribution is -2.50. The number of nitrogens with zero attached hydrogens (tertiary/aromatic N) is 1. The number of nitrogens with one attached hydrogen (secondary N) is 2. The summed E-state index contributed by atoms with van der Waals surface area (Å²) in [5.41, 5.74) is 1.90. The van der Waals surface area contributed by atoms with Gasteiger partial charge in [0.25, 0.3) is 11.8 Å². The van der Waals surface area contributed by atoms with Crippen LogP contribution in [0.1, 0.15) is 29.3 Å². The first kappa shape index (κ1) is 21.3. The van der Waals surface area contributed by atoms with Crippen LogP contribution in [-0.4, -0.2) is 59.3 Å². The Kier molecular flexibility index (Phi) is 7.24. The summed E-state index contributed by atoms with van der Waals surface area (Å²) in [7, 11) is 1.83. The molecule has 3 rings (SSSR count). The van der Waals surface area contributed by atoms with E-state index in [4.69, 9.17) is 0 Å². The van der Waals surface area contributed by atoms with E-state index in [1.807, 2.05) is 48.8 Å². The van der Waals surface area contributed by atoms with Crippen molar-refractivity contribution in [1.82, 2.24) is 10.2 Å². The summed E-state index contributed by atoms with van der Waals surface area (Å²) in [6.45, 7) is 0.817. The molecule has 0 aliphatic carbocycles. The molecule has 1 saturated heterocycles. The number of hydrogen-bond donors (Lipinski definition) is 4. The first-order valence-electron chi connectivity index (χ1n) is 9.75. The summed E-state index contributed by atoms with van der Waals surface area (Å²) < 4.78 is 0. The number of carbonyl (C=O) groups excluding carboxylic acids is 2. The molecule has 7 nitrogen and oxygen atoms in total. The minimum atomic E-state index is -1.80.